The molecule has 0 aromatic carbocycles. The second-order valence-corrected chi connectivity index (χ2v) is 5.84. The van der Waals surface area contributed by atoms with Gasteiger partial charge in [0.15, 0.2) is 0 Å². The third-order valence-electron chi connectivity index (χ3n) is 3.12. The van der Waals surface area contributed by atoms with E-state index in [1.807, 2.05) is 6.92 Å². The van der Waals surface area contributed by atoms with E-state index in [4.69, 9.17) is 17.0 Å². The lowest BCUT2D eigenvalue weighted by Crippen LogP contribution is -2.11. The van der Waals surface area contributed by atoms with Crippen LogP contribution in [0, 0.1) is 4.64 Å². The Balaban J connectivity index is 2.33. The van der Waals surface area contributed by atoms with Gasteiger partial charge in [-0.15, -0.1) is 0 Å². The van der Waals surface area contributed by atoms with Gasteiger partial charge in [-0.25, -0.2) is 4.98 Å². The normalized spacial score (nSPS) is 16.8. The maximum Gasteiger partial charge on any atom is 0.144 e. The summed E-state index contributed by atoms with van der Waals surface area (Å²) in [6, 6.07) is 0. The summed E-state index contributed by atoms with van der Waals surface area (Å²) in [5.74, 6) is 1.50. The number of H-pyrrole nitrogens is 1. The minimum atomic E-state index is 0.0345. The van der Waals surface area contributed by atoms with Gasteiger partial charge in [-0.3, -0.25) is 0 Å². The summed E-state index contributed by atoms with van der Waals surface area (Å²) in [6.45, 7) is 4.86. The number of ether oxygens (including phenoxy) is 1. The largest absolute Gasteiger partial charge is 0.371 e. The van der Waals surface area contributed by atoms with Gasteiger partial charge in [0.25, 0.3) is 0 Å². The second kappa shape index (κ2) is 6.26. The van der Waals surface area contributed by atoms with E-state index in [9.17, 15) is 0 Å². The number of rotatable bonds is 6. The minimum absolute atomic E-state index is 0.0345. The van der Waals surface area contributed by atoms with Crippen LogP contribution >= 0.6 is 28.1 Å². The smallest absolute Gasteiger partial charge is 0.144 e. The van der Waals surface area contributed by atoms with Crippen LogP contribution in [0.1, 0.15) is 63.1 Å². The number of hydrogen-bond acceptors (Lipinski definition) is 3. The molecule has 0 aliphatic heterocycles. The maximum atomic E-state index is 5.76. The molecule has 1 aromatic heterocycles. The predicted molar refractivity (Wildman–Crippen MR) is 78.4 cm³/mol. The van der Waals surface area contributed by atoms with E-state index < -0.39 is 0 Å². The highest BCUT2D eigenvalue weighted by Gasteiger charge is 2.28. The molecule has 100 valence electrons. The van der Waals surface area contributed by atoms with Gasteiger partial charge in [0, 0.05) is 18.2 Å². The zero-order chi connectivity index (χ0) is 13.1. The summed E-state index contributed by atoms with van der Waals surface area (Å²) >= 11 is 8.87. The Bertz CT molecular complexity index is 465. The van der Waals surface area contributed by atoms with Crippen molar-refractivity contribution in [3.8, 4) is 0 Å². The molecule has 1 fully saturated rings. The molecule has 1 aromatic rings. The Kier molecular flexibility index (Phi) is 4.92. The summed E-state index contributed by atoms with van der Waals surface area (Å²) in [6.07, 6.45) is 4.55. The first-order valence-electron chi connectivity index (χ1n) is 6.58. The number of hydrogen-bond donors (Lipinski definition) is 1. The van der Waals surface area contributed by atoms with Crippen LogP contribution in [-0.4, -0.2) is 16.6 Å². The van der Waals surface area contributed by atoms with E-state index in [2.05, 4.69) is 32.8 Å². The monoisotopic (exact) mass is 330 g/mol. The van der Waals surface area contributed by atoms with Gasteiger partial charge >= 0.3 is 0 Å². The molecule has 1 atom stereocenters. The van der Waals surface area contributed by atoms with Crippen LogP contribution in [0.15, 0.2) is 4.47 Å². The molecule has 2 rings (SSSR count). The molecular formula is C13H19BrN2OS. The molecule has 1 aliphatic rings. The van der Waals surface area contributed by atoms with Gasteiger partial charge in [-0.05, 0) is 42.1 Å². The molecule has 3 nitrogen and oxygen atoms in total. The molecule has 1 unspecified atom stereocenters. The van der Waals surface area contributed by atoms with Crippen molar-refractivity contribution in [1.82, 2.24) is 9.97 Å². The van der Waals surface area contributed by atoms with Gasteiger partial charge in [0.05, 0.1) is 4.47 Å². The van der Waals surface area contributed by atoms with Gasteiger partial charge in [-0.1, -0.05) is 25.6 Å². The SMILES string of the molecule is CCCC(OCC)c1nc(=S)c(Br)c(C2CC2)[nH]1. The van der Waals surface area contributed by atoms with Crippen molar-refractivity contribution >= 4 is 28.1 Å². The lowest BCUT2D eigenvalue weighted by molar-refractivity contribution is 0.0491. The average molecular weight is 331 g/mol. The summed E-state index contributed by atoms with van der Waals surface area (Å²) < 4.78 is 7.36. The van der Waals surface area contributed by atoms with Crippen molar-refractivity contribution in [3.05, 3.63) is 20.6 Å². The predicted octanol–water partition coefficient (Wildman–Crippen LogP) is 4.66. The molecule has 1 heterocycles. The van der Waals surface area contributed by atoms with Gasteiger partial charge in [-0.2, -0.15) is 0 Å². The Morgan fingerprint density at radius 1 is 1.50 bits per heavy atom. The first-order valence-corrected chi connectivity index (χ1v) is 7.78. The topological polar surface area (TPSA) is 37.9 Å². The standard InChI is InChI=1S/C13H19BrN2OS/c1-3-5-9(17-4-2)12-15-11(8-6-7-8)10(14)13(18)16-12/h8-9H,3-7H2,1-2H3,(H,15,16,18). The molecule has 0 amide bonds. The number of nitrogens with one attached hydrogen (secondary N) is 1. The third kappa shape index (κ3) is 3.19. The molecule has 18 heavy (non-hydrogen) atoms. The summed E-state index contributed by atoms with van der Waals surface area (Å²) in [5.41, 5.74) is 1.20. The Morgan fingerprint density at radius 3 is 2.78 bits per heavy atom. The van der Waals surface area contributed by atoms with Crippen LogP contribution in [0.4, 0.5) is 0 Å². The second-order valence-electron chi connectivity index (χ2n) is 4.66. The van der Waals surface area contributed by atoms with E-state index in [1.165, 1.54) is 18.5 Å². The van der Waals surface area contributed by atoms with Crippen LogP contribution in [0.3, 0.4) is 0 Å². The average Bonchev–Trinajstić information content (AvgIpc) is 3.16. The van der Waals surface area contributed by atoms with E-state index >= 15 is 0 Å². The van der Waals surface area contributed by atoms with Gasteiger partial charge in [0.2, 0.25) is 0 Å². The van der Waals surface area contributed by atoms with Gasteiger partial charge in [0.1, 0.15) is 16.6 Å². The van der Waals surface area contributed by atoms with E-state index in [1.54, 1.807) is 0 Å². The van der Waals surface area contributed by atoms with Crippen LogP contribution in [0.5, 0.6) is 0 Å². The molecule has 5 heteroatoms. The molecule has 0 spiro atoms. The van der Waals surface area contributed by atoms with Crippen LogP contribution < -0.4 is 0 Å². The Morgan fingerprint density at radius 2 is 2.22 bits per heavy atom. The van der Waals surface area contributed by atoms with Gasteiger partial charge < -0.3 is 9.72 Å². The minimum Gasteiger partial charge on any atom is -0.371 e. The number of halogens is 1. The lowest BCUT2D eigenvalue weighted by Gasteiger charge is -2.17. The number of nitrogens with zero attached hydrogens (tertiary/aromatic N) is 1. The fourth-order valence-corrected chi connectivity index (χ4v) is 2.78. The first kappa shape index (κ1) is 14.2. The zero-order valence-electron chi connectivity index (χ0n) is 10.8. The van der Waals surface area contributed by atoms with Crippen molar-refractivity contribution in [2.45, 2.75) is 51.6 Å². The lowest BCUT2D eigenvalue weighted by atomic mass is 10.2. The van der Waals surface area contributed by atoms with E-state index in [0.717, 1.165) is 23.1 Å². The number of aromatic amines is 1. The third-order valence-corrected chi connectivity index (χ3v) is 4.48. The van der Waals surface area contributed by atoms with Crippen molar-refractivity contribution in [1.29, 1.82) is 0 Å². The Labute approximate surface area is 121 Å². The van der Waals surface area contributed by atoms with Crippen molar-refractivity contribution < 1.29 is 4.74 Å². The first-order chi connectivity index (χ1) is 8.67. The fourth-order valence-electron chi connectivity index (χ4n) is 2.06. The summed E-state index contributed by atoms with van der Waals surface area (Å²) in [7, 11) is 0. The van der Waals surface area contributed by atoms with Crippen LogP contribution in [0.25, 0.3) is 0 Å². The highest BCUT2D eigenvalue weighted by Crippen LogP contribution is 2.42. The van der Waals surface area contributed by atoms with Crippen LogP contribution in [0.2, 0.25) is 0 Å². The van der Waals surface area contributed by atoms with Crippen LogP contribution in [-0.2, 0) is 4.74 Å². The zero-order valence-corrected chi connectivity index (χ0v) is 13.2. The van der Waals surface area contributed by atoms with Crippen molar-refractivity contribution in [3.63, 3.8) is 0 Å². The molecule has 1 N–H and O–H groups in total. The summed E-state index contributed by atoms with van der Waals surface area (Å²) in [5, 5.41) is 0. The quantitative estimate of drug-likeness (QED) is 0.771. The molecule has 0 bridgehead atoms. The van der Waals surface area contributed by atoms with E-state index in [0.29, 0.717) is 17.2 Å². The highest BCUT2D eigenvalue weighted by atomic mass is 79.9. The maximum absolute atomic E-state index is 5.76. The molecular weight excluding hydrogens is 312 g/mol. The highest BCUT2D eigenvalue weighted by molar-refractivity contribution is 9.10. The van der Waals surface area contributed by atoms with Crippen molar-refractivity contribution in [2.75, 3.05) is 6.61 Å². The fraction of sp³-hybridized carbons (Fsp3) is 0.692. The molecule has 0 radical (unpaired) electrons. The number of aromatic nitrogens is 2. The molecule has 0 saturated heterocycles. The molecule has 1 aliphatic carbocycles. The summed E-state index contributed by atoms with van der Waals surface area (Å²) in [4.78, 5) is 7.90. The molecule has 1 saturated carbocycles. The Hall–Kier alpha value is -0.260. The van der Waals surface area contributed by atoms with Crippen molar-refractivity contribution in [2.24, 2.45) is 0 Å². The van der Waals surface area contributed by atoms with E-state index in [-0.39, 0.29) is 6.10 Å².